The second-order valence-electron chi connectivity index (χ2n) is 10.00. The number of nitrogens with one attached hydrogen (secondary N) is 1. The molecule has 166 valence electrons. The number of hydrogen-bond donors (Lipinski definition) is 1. The standard InChI is InChI=1S/C25H39NO2SSi/c1-9-23(26-29(27)24(3,4)5)20(2)28-30(25(6,7)8,21-16-12-10-13-17-21)22-18-14-11-15-19-22/h10-20,23,26H,9H2,1-8H3/t20-,23-,29+/m0/s1. The van der Waals surface area contributed by atoms with Crippen molar-refractivity contribution in [3.63, 3.8) is 0 Å². The average Bonchev–Trinajstić information content (AvgIpc) is 2.69. The van der Waals surface area contributed by atoms with Crippen LogP contribution >= 0.6 is 0 Å². The van der Waals surface area contributed by atoms with Crippen LogP contribution in [-0.2, 0) is 15.4 Å². The highest BCUT2D eigenvalue weighted by molar-refractivity contribution is 7.84. The van der Waals surface area contributed by atoms with Crippen molar-refractivity contribution in [2.75, 3.05) is 0 Å². The molecule has 2 aromatic rings. The molecule has 30 heavy (non-hydrogen) atoms. The Kier molecular flexibility index (Phi) is 8.25. The van der Waals surface area contributed by atoms with Crippen LogP contribution in [-0.4, -0.2) is 29.4 Å². The third-order valence-electron chi connectivity index (χ3n) is 5.60. The minimum atomic E-state index is -2.63. The van der Waals surface area contributed by atoms with Gasteiger partial charge in [0, 0.05) is 6.04 Å². The molecule has 0 unspecified atom stereocenters. The van der Waals surface area contributed by atoms with Crippen molar-refractivity contribution < 1.29 is 8.63 Å². The third kappa shape index (κ3) is 5.50. The Morgan fingerprint density at radius 3 is 1.67 bits per heavy atom. The summed E-state index contributed by atoms with van der Waals surface area (Å²) in [5.41, 5.74) is 0. The van der Waals surface area contributed by atoms with E-state index in [4.69, 9.17) is 4.43 Å². The van der Waals surface area contributed by atoms with Crippen LogP contribution in [0.5, 0.6) is 0 Å². The van der Waals surface area contributed by atoms with Crippen LogP contribution < -0.4 is 15.1 Å². The van der Waals surface area contributed by atoms with Gasteiger partial charge in [0.1, 0.15) is 0 Å². The minimum absolute atomic E-state index is 0.00621. The van der Waals surface area contributed by atoms with Gasteiger partial charge in [0.15, 0.2) is 0 Å². The summed E-state index contributed by atoms with van der Waals surface area (Å²) < 4.78 is 23.0. The number of benzene rings is 2. The van der Waals surface area contributed by atoms with Gasteiger partial charge in [0.25, 0.3) is 8.32 Å². The Hall–Kier alpha value is -1.27. The summed E-state index contributed by atoms with van der Waals surface area (Å²) in [6, 6.07) is 21.4. The summed E-state index contributed by atoms with van der Waals surface area (Å²) in [6.45, 7) is 17.1. The Morgan fingerprint density at radius 2 is 1.33 bits per heavy atom. The first-order valence-corrected chi connectivity index (χ1v) is 14.0. The molecule has 0 saturated heterocycles. The summed E-state index contributed by atoms with van der Waals surface area (Å²) >= 11 is 0. The Morgan fingerprint density at radius 1 is 0.900 bits per heavy atom. The fraction of sp³-hybridized carbons (Fsp3) is 0.520. The molecule has 0 amide bonds. The quantitative estimate of drug-likeness (QED) is 0.594. The zero-order valence-electron chi connectivity index (χ0n) is 19.9. The fourth-order valence-electron chi connectivity index (χ4n) is 3.88. The minimum Gasteiger partial charge on any atom is -0.403 e. The zero-order chi connectivity index (χ0) is 22.6. The average molecular weight is 446 g/mol. The maximum absolute atomic E-state index is 12.8. The Balaban J connectivity index is 2.54. The monoisotopic (exact) mass is 445 g/mol. The predicted molar refractivity (Wildman–Crippen MR) is 133 cm³/mol. The Bertz CT molecular complexity index is 773. The third-order valence-corrected chi connectivity index (χ3v) is 12.4. The molecule has 1 N–H and O–H groups in total. The molecule has 0 fully saturated rings. The maximum atomic E-state index is 12.8. The van der Waals surface area contributed by atoms with Crippen LogP contribution in [0.15, 0.2) is 60.7 Å². The maximum Gasteiger partial charge on any atom is 0.261 e. The predicted octanol–water partition coefficient (Wildman–Crippen LogP) is 4.78. The lowest BCUT2D eigenvalue weighted by Gasteiger charge is -2.46. The van der Waals surface area contributed by atoms with Crippen molar-refractivity contribution in [1.82, 2.24) is 4.72 Å². The SMILES string of the molecule is CC[C@H](N[S@](=O)C(C)(C)C)[C@H](C)O[Si](c1ccccc1)(c1ccccc1)C(C)(C)C. The number of hydrogen-bond acceptors (Lipinski definition) is 2. The highest BCUT2D eigenvalue weighted by atomic mass is 32.2. The van der Waals surface area contributed by atoms with Gasteiger partial charge >= 0.3 is 0 Å². The van der Waals surface area contributed by atoms with Crippen LogP contribution in [0, 0.1) is 0 Å². The van der Waals surface area contributed by atoms with Gasteiger partial charge in [-0.25, -0.2) is 8.93 Å². The molecule has 0 aliphatic carbocycles. The van der Waals surface area contributed by atoms with Crippen LogP contribution in [0.25, 0.3) is 0 Å². The molecule has 0 aliphatic rings. The van der Waals surface area contributed by atoms with E-state index in [1.165, 1.54) is 10.4 Å². The molecule has 0 aromatic heterocycles. The summed E-state index contributed by atoms with van der Waals surface area (Å²) in [4.78, 5) is 0. The van der Waals surface area contributed by atoms with Gasteiger partial charge in [-0.15, -0.1) is 0 Å². The summed E-state index contributed by atoms with van der Waals surface area (Å²) in [7, 11) is -3.77. The van der Waals surface area contributed by atoms with Crippen LogP contribution in [0.2, 0.25) is 5.04 Å². The van der Waals surface area contributed by atoms with E-state index in [-0.39, 0.29) is 21.9 Å². The van der Waals surface area contributed by atoms with Crippen LogP contribution in [0.3, 0.4) is 0 Å². The van der Waals surface area contributed by atoms with E-state index >= 15 is 0 Å². The molecular formula is C25H39NO2SSi. The molecule has 3 nitrogen and oxygen atoms in total. The molecule has 0 saturated carbocycles. The van der Waals surface area contributed by atoms with E-state index in [9.17, 15) is 4.21 Å². The molecule has 0 spiro atoms. The van der Waals surface area contributed by atoms with E-state index in [0.717, 1.165) is 6.42 Å². The van der Waals surface area contributed by atoms with Crippen molar-refractivity contribution in [1.29, 1.82) is 0 Å². The first-order valence-electron chi connectivity index (χ1n) is 10.9. The van der Waals surface area contributed by atoms with Crippen molar-refractivity contribution in [2.45, 2.75) is 83.7 Å². The molecule has 2 aromatic carbocycles. The van der Waals surface area contributed by atoms with E-state index in [1.54, 1.807) is 0 Å². The van der Waals surface area contributed by atoms with E-state index in [1.807, 2.05) is 20.8 Å². The first kappa shape index (κ1) is 25.0. The summed E-state index contributed by atoms with van der Waals surface area (Å²) in [6.07, 6.45) is 0.758. The lowest BCUT2D eigenvalue weighted by Crippen LogP contribution is -2.68. The molecular weight excluding hydrogens is 406 g/mol. The topological polar surface area (TPSA) is 38.3 Å². The van der Waals surface area contributed by atoms with Crippen molar-refractivity contribution in [3.05, 3.63) is 60.7 Å². The smallest absolute Gasteiger partial charge is 0.261 e. The highest BCUT2D eigenvalue weighted by Gasteiger charge is 2.51. The molecule has 0 aliphatic heterocycles. The number of rotatable bonds is 8. The lowest BCUT2D eigenvalue weighted by atomic mass is 10.1. The second kappa shape index (κ2) is 9.90. The van der Waals surface area contributed by atoms with E-state index in [2.05, 4.69) is 100 Å². The molecule has 0 radical (unpaired) electrons. The highest BCUT2D eigenvalue weighted by Crippen LogP contribution is 2.38. The fourth-order valence-corrected chi connectivity index (χ4v) is 9.60. The van der Waals surface area contributed by atoms with Gasteiger partial charge < -0.3 is 4.43 Å². The first-order chi connectivity index (χ1) is 13.9. The normalized spacial score (nSPS) is 16.1. The lowest BCUT2D eigenvalue weighted by molar-refractivity contribution is 0.167. The summed E-state index contributed by atoms with van der Waals surface area (Å²) in [5, 5.41) is 2.45. The summed E-state index contributed by atoms with van der Waals surface area (Å²) in [5.74, 6) is 0. The van der Waals surface area contributed by atoms with Gasteiger partial charge in [-0.05, 0) is 49.5 Å². The van der Waals surface area contributed by atoms with Gasteiger partial charge in [-0.3, -0.25) is 0 Å². The van der Waals surface area contributed by atoms with Gasteiger partial charge in [-0.1, -0.05) is 88.4 Å². The van der Waals surface area contributed by atoms with E-state index < -0.39 is 19.3 Å². The van der Waals surface area contributed by atoms with Crippen LogP contribution in [0.1, 0.15) is 61.8 Å². The van der Waals surface area contributed by atoms with Crippen LogP contribution in [0.4, 0.5) is 0 Å². The molecule has 5 heteroatoms. The Labute approximate surface area is 187 Å². The van der Waals surface area contributed by atoms with Crippen molar-refractivity contribution in [3.8, 4) is 0 Å². The van der Waals surface area contributed by atoms with Gasteiger partial charge in [0.05, 0.1) is 21.8 Å². The second-order valence-corrected chi connectivity index (χ2v) is 16.3. The van der Waals surface area contributed by atoms with Crippen molar-refractivity contribution >= 4 is 29.7 Å². The molecule has 3 atom stereocenters. The molecule has 0 heterocycles. The van der Waals surface area contributed by atoms with Crippen molar-refractivity contribution in [2.24, 2.45) is 0 Å². The van der Waals surface area contributed by atoms with Gasteiger partial charge in [-0.2, -0.15) is 0 Å². The molecule has 2 rings (SSSR count). The van der Waals surface area contributed by atoms with E-state index in [0.29, 0.717) is 0 Å². The molecule has 0 bridgehead atoms. The zero-order valence-corrected chi connectivity index (χ0v) is 21.7. The van der Waals surface area contributed by atoms with Gasteiger partial charge in [0.2, 0.25) is 0 Å². The largest absolute Gasteiger partial charge is 0.403 e.